The van der Waals surface area contributed by atoms with Gasteiger partial charge in [0.25, 0.3) is 0 Å². The van der Waals surface area contributed by atoms with Crippen LogP contribution in [0.3, 0.4) is 0 Å². The summed E-state index contributed by atoms with van der Waals surface area (Å²) in [7, 11) is 0. The third-order valence-electron chi connectivity index (χ3n) is 13.7. The van der Waals surface area contributed by atoms with Crippen LogP contribution < -0.4 is 5.32 Å². The van der Waals surface area contributed by atoms with Crippen molar-refractivity contribution in [3.05, 3.63) is 0 Å². The second-order valence-corrected chi connectivity index (χ2v) is 19.9. The molecule has 0 aromatic heterocycles. The van der Waals surface area contributed by atoms with Gasteiger partial charge in [-0.15, -0.1) is 0 Å². The summed E-state index contributed by atoms with van der Waals surface area (Å²) in [4.78, 5) is 12.4. The lowest BCUT2D eigenvalue weighted by Gasteiger charge is -2.23. The van der Waals surface area contributed by atoms with E-state index in [0.29, 0.717) is 12.8 Å². The van der Waals surface area contributed by atoms with Crippen molar-refractivity contribution in [1.82, 2.24) is 5.32 Å². The number of rotatable bonds is 53. The van der Waals surface area contributed by atoms with Crippen LogP contribution in [0, 0.1) is 0 Å². The SMILES string of the molecule is CCCCCCCCCCCCCCCCCCCCCCCCCCCCCCCCCCCCCCCC(O)CC(=O)NC(CO)C(O)CCCCCCCCCCC. The van der Waals surface area contributed by atoms with Crippen LogP contribution in [-0.2, 0) is 4.79 Å². The van der Waals surface area contributed by atoms with Crippen LogP contribution in [0.15, 0.2) is 0 Å². The molecule has 0 aliphatic rings. The molecule has 0 aliphatic heterocycles. The van der Waals surface area contributed by atoms with E-state index in [4.69, 9.17) is 0 Å². The maximum absolute atomic E-state index is 12.4. The Balaban J connectivity index is 3.34. The average Bonchev–Trinajstić information content (AvgIpc) is 3.25. The Hall–Kier alpha value is -0.650. The molecule has 0 bridgehead atoms. The highest BCUT2D eigenvalue weighted by atomic mass is 16.3. The number of hydrogen-bond acceptors (Lipinski definition) is 4. The molecule has 5 heteroatoms. The fourth-order valence-electron chi connectivity index (χ4n) is 9.35. The standard InChI is InChI=1S/C56H113NO4/c1-3-5-7-9-11-13-14-15-16-17-18-19-20-21-22-23-24-25-26-27-28-29-30-31-32-33-34-35-36-37-38-39-40-42-43-45-47-49-53(59)51-56(61)57-54(52-58)55(60)50-48-46-44-41-12-10-8-6-4-2/h53-55,58-60H,3-52H2,1-2H3,(H,57,61). The maximum atomic E-state index is 12.4. The summed E-state index contributed by atoms with van der Waals surface area (Å²) in [5.41, 5.74) is 0. The minimum Gasteiger partial charge on any atom is -0.394 e. The van der Waals surface area contributed by atoms with Gasteiger partial charge in [-0.25, -0.2) is 0 Å². The van der Waals surface area contributed by atoms with Crippen LogP contribution in [0.2, 0.25) is 0 Å². The molecule has 4 N–H and O–H groups in total. The zero-order chi connectivity index (χ0) is 44.4. The third-order valence-corrected chi connectivity index (χ3v) is 13.7. The monoisotopic (exact) mass is 864 g/mol. The van der Waals surface area contributed by atoms with E-state index in [0.717, 1.165) is 25.7 Å². The minimum atomic E-state index is -0.742. The first kappa shape index (κ1) is 60.4. The minimum absolute atomic E-state index is 0.0426. The Bertz CT molecular complexity index is 822. The van der Waals surface area contributed by atoms with E-state index in [1.807, 2.05) is 0 Å². The first-order chi connectivity index (χ1) is 30.0. The van der Waals surface area contributed by atoms with Gasteiger partial charge < -0.3 is 20.6 Å². The number of nitrogens with one attached hydrogen (secondary N) is 1. The van der Waals surface area contributed by atoms with Crippen molar-refractivity contribution in [3.63, 3.8) is 0 Å². The number of unbranched alkanes of at least 4 members (excludes halogenated alkanes) is 44. The molecule has 0 aromatic carbocycles. The van der Waals surface area contributed by atoms with Gasteiger partial charge in [-0.2, -0.15) is 0 Å². The third kappa shape index (κ3) is 48.6. The largest absolute Gasteiger partial charge is 0.394 e. The lowest BCUT2D eigenvalue weighted by atomic mass is 10.0. The molecule has 0 saturated heterocycles. The zero-order valence-electron chi connectivity index (χ0n) is 41.8. The van der Waals surface area contributed by atoms with Gasteiger partial charge in [-0.05, 0) is 12.8 Å². The number of aliphatic hydroxyl groups excluding tert-OH is 3. The van der Waals surface area contributed by atoms with Gasteiger partial charge in [0.2, 0.25) is 5.91 Å². The topological polar surface area (TPSA) is 89.8 Å². The van der Waals surface area contributed by atoms with Gasteiger partial charge in [0.15, 0.2) is 0 Å². The molecule has 0 heterocycles. The predicted octanol–water partition coefficient (Wildman–Crippen LogP) is 17.3. The van der Waals surface area contributed by atoms with Crippen molar-refractivity contribution >= 4 is 5.91 Å². The zero-order valence-corrected chi connectivity index (χ0v) is 41.8. The molecule has 0 saturated carbocycles. The van der Waals surface area contributed by atoms with Crippen LogP contribution >= 0.6 is 0 Å². The molecule has 0 aromatic rings. The van der Waals surface area contributed by atoms with Crippen molar-refractivity contribution in [3.8, 4) is 0 Å². The molecule has 0 aliphatic carbocycles. The average molecular weight is 865 g/mol. The number of aliphatic hydroxyl groups is 3. The highest BCUT2D eigenvalue weighted by molar-refractivity contribution is 5.76. The van der Waals surface area contributed by atoms with Crippen LogP contribution in [0.5, 0.6) is 0 Å². The van der Waals surface area contributed by atoms with Crippen molar-refractivity contribution in [2.75, 3.05) is 6.61 Å². The summed E-state index contributed by atoms with van der Waals surface area (Å²) >= 11 is 0. The molecular weight excluding hydrogens is 751 g/mol. The molecule has 0 spiro atoms. The summed E-state index contributed by atoms with van der Waals surface area (Å²) in [5.74, 6) is -0.278. The van der Waals surface area contributed by atoms with Gasteiger partial charge in [-0.3, -0.25) is 4.79 Å². The first-order valence-electron chi connectivity index (χ1n) is 28.3. The Morgan fingerprint density at radius 3 is 0.787 bits per heavy atom. The molecular formula is C56H113NO4. The van der Waals surface area contributed by atoms with Crippen LogP contribution in [0.1, 0.15) is 328 Å². The van der Waals surface area contributed by atoms with Crippen molar-refractivity contribution in [2.24, 2.45) is 0 Å². The molecule has 5 nitrogen and oxygen atoms in total. The summed E-state index contributed by atoms with van der Waals surface area (Å²) < 4.78 is 0. The van der Waals surface area contributed by atoms with Crippen molar-refractivity contribution in [2.45, 2.75) is 347 Å². The summed E-state index contributed by atoms with van der Waals surface area (Å²) in [5, 5.41) is 33.4. The van der Waals surface area contributed by atoms with Crippen molar-refractivity contribution < 1.29 is 20.1 Å². The Labute approximate surface area is 383 Å². The van der Waals surface area contributed by atoms with Crippen LogP contribution in [0.25, 0.3) is 0 Å². The molecule has 61 heavy (non-hydrogen) atoms. The number of carbonyl (C=O) groups excluding carboxylic acids is 1. The highest BCUT2D eigenvalue weighted by Gasteiger charge is 2.21. The summed E-state index contributed by atoms with van der Waals surface area (Å²) in [6.07, 6.45) is 63.0. The normalized spacial score (nSPS) is 13.2. The quantitative estimate of drug-likeness (QED) is 0.0459. The molecule has 1 amide bonds. The molecule has 0 fully saturated rings. The van der Waals surface area contributed by atoms with Crippen molar-refractivity contribution in [1.29, 1.82) is 0 Å². The molecule has 0 radical (unpaired) electrons. The highest BCUT2D eigenvalue weighted by Crippen LogP contribution is 2.19. The Kier molecular flexibility index (Phi) is 51.4. The van der Waals surface area contributed by atoms with Gasteiger partial charge in [0, 0.05) is 0 Å². The van der Waals surface area contributed by atoms with E-state index in [-0.39, 0.29) is 18.9 Å². The first-order valence-corrected chi connectivity index (χ1v) is 28.3. The van der Waals surface area contributed by atoms with Gasteiger partial charge >= 0.3 is 0 Å². The molecule has 0 rings (SSSR count). The number of hydrogen-bond donors (Lipinski definition) is 4. The fraction of sp³-hybridized carbons (Fsp3) is 0.982. The summed E-state index contributed by atoms with van der Waals surface area (Å²) in [6, 6.07) is -0.651. The van der Waals surface area contributed by atoms with E-state index in [1.54, 1.807) is 0 Å². The van der Waals surface area contributed by atoms with Crippen LogP contribution in [-0.4, -0.2) is 46.1 Å². The van der Waals surface area contributed by atoms with E-state index in [1.165, 1.54) is 270 Å². The van der Waals surface area contributed by atoms with E-state index < -0.39 is 18.2 Å². The maximum Gasteiger partial charge on any atom is 0.222 e. The molecule has 3 unspecified atom stereocenters. The lowest BCUT2D eigenvalue weighted by molar-refractivity contribution is -0.125. The van der Waals surface area contributed by atoms with Gasteiger partial charge in [-0.1, -0.05) is 309 Å². The number of carbonyl (C=O) groups is 1. The summed E-state index contributed by atoms with van der Waals surface area (Å²) in [6.45, 7) is 4.27. The van der Waals surface area contributed by atoms with Crippen LogP contribution in [0.4, 0.5) is 0 Å². The van der Waals surface area contributed by atoms with E-state index in [2.05, 4.69) is 19.2 Å². The molecule has 366 valence electrons. The fourth-order valence-corrected chi connectivity index (χ4v) is 9.35. The lowest BCUT2D eigenvalue weighted by Crippen LogP contribution is -2.46. The van der Waals surface area contributed by atoms with E-state index >= 15 is 0 Å². The van der Waals surface area contributed by atoms with E-state index in [9.17, 15) is 20.1 Å². The second-order valence-electron chi connectivity index (χ2n) is 19.9. The van der Waals surface area contributed by atoms with Gasteiger partial charge in [0.1, 0.15) is 0 Å². The molecule has 3 atom stereocenters. The van der Waals surface area contributed by atoms with Gasteiger partial charge in [0.05, 0.1) is 31.3 Å². The number of amides is 1. The Morgan fingerprint density at radius 2 is 0.557 bits per heavy atom. The second kappa shape index (κ2) is 52.0. The predicted molar refractivity (Wildman–Crippen MR) is 269 cm³/mol. The smallest absolute Gasteiger partial charge is 0.222 e. The Morgan fingerprint density at radius 1 is 0.344 bits per heavy atom.